The van der Waals surface area contributed by atoms with Crippen molar-refractivity contribution in [2.24, 2.45) is 0 Å². The summed E-state index contributed by atoms with van der Waals surface area (Å²) in [6, 6.07) is 37.5. The summed E-state index contributed by atoms with van der Waals surface area (Å²) < 4.78 is 8.63. The van der Waals surface area contributed by atoms with Crippen molar-refractivity contribution in [2.45, 2.75) is 6.92 Å². The molecule has 0 atom stereocenters. The van der Waals surface area contributed by atoms with E-state index < -0.39 is 0 Å². The summed E-state index contributed by atoms with van der Waals surface area (Å²) in [5.74, 6) is 2.48. The van der Waals surface area contributed by atoms with Gasteiger partial charge in [-0.25, -0.2) is 4.98 Å². The molecule has 0 fully saturated rings. The van der Waals surface area contributed by atoms with E-state index in [1.165, 1.54) is 22.0 Å². The van der Waals surface area contributed by atoms with Gasteiger partial charge in [-0.1, -0.05) is 42.5 Å². The first-order valence-corrected chi connectivity index (χ1v) is 12.7. The topological polar surface area (TPSA) is 33.5 Å². The average molecular weight is 495 g/mol. The Labute approximate surface area is 221 Å². The van der Waals surface area contributed by atoms with Crippen LogP contribution in [-0.2, 0) is 0 Å². The van der Waals surface area contributed by atoms with Gasteiger partial charge in [0.15, 0.2) is 0 Å². The quantitative estimate of drug-likeness (QED) is 0.243. The van der Waals surface area contributed by atoms with Gasteiger partial charge in [-0.05, 0) is 67.1 Å². The summed E-state index contributed by atoms with van der Waals surface area (Å²) in [5.41, 5.74) is 5.62. The largest absolute Gasteiger partial charge is 0.457 e. The van der Waals surface area contributed by atoms with E-state index in [0.717, 1.165) is 40.7 Å². The summed E-state index contributed by atoms with van der Waals surface area (Å²) in [6.45, 7) is 2.85. The molecule has 184 valence electrons. The van der Waals surface area contributed by atoms with Gasteiger partial charge in [0, 0.05) is 52.9 Å². The van der Waals surface area contributed by atoms with Gasteiger partial charge in [-0.15, -0.1) is 0 Å². The molecule has 1 aliphatic heterocycles. The van der Waals surface area contributed by atoms with Crippen molar-refractivity contribution in [1.29, 1.82) is 0 Å². The Bertz CT molecular complexity index is 1810. The van der Waals surface area contributed by atoms with Crippen molar-refractivity contribution < 1.29 is 4.74 Å². The number of para-hydroxylation sites is 2. The number of benzene rings is 4. The lowest BCUT2D eigenvalue weighted by Gasteiger charge is -2.22. The van der Waals surface area contributed by atoms with Gasteiger partial charge >= 0.3 is 0 Å². The number of hydrogen-bond acceptors (Lipinski definition) is 4. The monoisotopic (exact) mass is 494 g/mol. The first-order chi connectivity index (χ1) is 18.7. The number of hydrogen-bond donors (Lipinski definition) is 0. The Hall–Kier alpha value is -5.03. The maximum absolute atomic E-state index is 6.41. The number of rotatable bonds is 5. The Kier molecular flexibility index (Phi) is 5.33. The molecule has 0 saturated heterocycles. The zero-order chi connectivity index (χ0) is 25.5. The SMILES string of the molecule is Cc1ccnc(-n2c3ccccc3c3ccc(Oc4cccc(N5C=CN(c6ccccc6)C5)c4)cc32)c1. The fourth-order valence-corrected chi connectivity index (χ4v) is 5.14. The van der Waals surface area contributed by atoms with E-state index in [9.17, 15) is 0 Å². The molecule has 0 bridgehead atoms. The van der Waals surface area contributed by atoms with Crippen LogP contribution < -0.4 is 14.5 Å². The Morgan fingerprint density at radius 1 is 0.632 bits per heavy atom. The van der Waals surface area contributed by atoms with Gasteiger partial charge in [0.2, 0.25) is 0 Å². The van der Waals surface area contributed by atoms with Gasteiger partial charge in [0.1, 0.15) is 17.3 Å². The van der Waals surface area contributed by atoms with Gasteiger partial charge in [-0.2, -0.15) is 0 Å². The highest BCUT2D eigenvalue weighted by molar-refractivity contribution is 6.09. The normalized spacial score (nSPS) is 13.1. The molecular weight excluding hydrogens is 468 g/mol. The van der Waals surface area contributed by atoms with E-state index in [4.69, 9.17) is 4.74 Å². The molecule has 0 spiro atoms. The predicted octanol–water partition coefficient (Wildman–Crippen LogP) is 8.03. The third kappa shape index (κ3) is 3.95. The van der Waals surface area contributed by atoms with Crippen LogP contribution in [0.1, 0.15) is 5.56 Å². The van der Waals surface area contributed by atoms with Crippen LogP contribution in [0.15, 0.2) is 128 Å². The molecule has 5 nitrogen and oxygen atoms in total. The van der Waals surface area contributed by atoms with E-state index in [2.05, 4.69) is 118 Å². The minimum absolute atomic E-state index is 0.753. The van der Waals surface area contributed by atoms with Gasteiger partial charge < -0.3 is 14.5 Å². The zero-order valence-electron chi connectivity index (χ0n) is 21.0. The maximum atomic E-state index is 6.41. The fourth-order valence-electron chi connectivity index (χ4n) is 5.14. The predicted molar refractivity (Wildman–Crippen MR) is 155 cm³/mol. The number of aromatic nitrogens is 2. The summed E-state index contributed by atoms with van der Waals surface area (Å²) in [5, 5.41) is 2.37. The molecule has 2 aromatic heterocycles. The standard InChI is InChI=1S/C33H26N4O/c1-24-16-17-34-33(20-24)37-31-13-6-5-12-29(31)30-15-14-28(22-32(30)37)38-27-11-7-10-26(21-27)36-19-18-35(23-36)25-8-3-2-4-9-25/h2-22H,23H2,1H3. The first kappa shape index (κ1) is 22.2. The lowest BCUT2D eigenvalue weighted by atomic mass is 10.1. The Morgan fingerprint density at radius 2 is 1.37 bits per heavy atom. The maximum Gasteiger partial charge on any atom is 0.137 e. The minimum Gasteiger partial charge on any atom is -0.457 e. The lowest BCUT2D eigenvalue weighted by Crippen LogP contribution is -2.24. The molecular formula is C33H26N4O. The minimum atomic E-state index is 0.753. The molecule has 38 heavy (non-hydrogen) atoms. The van der Waals surface area contributed by atoms with Crippen LogP contribution in [0, 0.1) is 6.92 Å². The highest BCUT2D eigenvalue weighted by Crippen LogP contribution is 2.35. The second kappa shape index (κ2) is 9.12. The summed E-state index contributed by atoms with van der Waals surface area (Å²) in [6.07, 6.45) is 6.07. The second-order valence-electron chi connectivity index (χ2n) is 9.54. The van der Waals surface area contributed by atoms with Crippen molar-refractivity contribution in [3.05, 3.63) is 133 Å². The van der Waals surface area contributed by atoms with E-state index in [1.807, 2.05) is 36.5 Å². The summed E-state index contributed by atoms with van der Waals surface area (Å²) in [4.78, 5) is 9.12. The molecule has 1 aliphatic rings. The van der Waals surface area contributed by atoms with Gasteiger partial charge in [0.05, 0.1) is 17.7 Å². The number of fused-ring (bicyclic) bond motifs is 3. The fraction of sp³-hybridized carbons (Fsp3) is 0.0606. The van der Waals surface area contributed by atoms with Gasteiger partial charge in [0.25, 0.3) is 0 Å². The number of anilines is 2. The van der Waals surface area contributed by atoms with Gasteiger partial charge in [-0.3, -0.25) is 4.57 Å². The summed E-state index contributed by atoms with van der Waals surface area (Å²) in [7, 11) is 0. The van der Waals surface area contributed by atoms with Crippen LogP contribution in [-0.4, -0.2) is 16.2 Å². The number of ether oxygens (including phenoxy) is 1. The summed E-state index contributed by atoms with van der Waals surface area (Å²) >= 11 is 0. The molecule has 7 rings (SSSR count). The van der Waals surface area contributed by atoms with Crippen LogP contribution in [0.2, 0.25) is 0 Å². The number of aryl methyl sites for hydroxylation is 1. The van der Waals surface area contributed by atoms with Crippen molar-refractivity contribution in [2.75, 3.05) is 16.5 Å². The second-order valence-corrected chi connectivity index (χ2v) is 9.54. The van der Waals surface area contributed by atoms with Crippen LogP contribution in [0.5, 0.6) is 11.5 Å². The highest BCUT2D eigenvalue weighted by atomic mass is 16.5. The van der Waals surface area contributed by atoms with Crippen LogP contribution in [0.3, 0.4) is 0 Å². The van der Waals surface area contributed by atoms with Crippen LogP contribution in [0.4, 0.5) is 11.4 Å². The van der Waals surface area contributed by atoms with E-state index in [-0.39, 0.29) is 0 Å². The average Bonchev–Trinajstić information content (AvgIpc) is 3.57. The third-order valence-electron chi connectivity index (χ3n) is 6.98. The molecule has 3 heterocycles. The molecule has 0 radical (unpaired) electrons. The molecule has 0 N–H and O–H groups in total. The molecule has 4 aromatic carbocycles. The van der Waals surface area contributed by atoms with Crippen molar-refractivity contribution in [3.63, 3.8) is 0 Å². The Morgan fingerprint density at radius 3 is 2.24 bits per heavy atom. The molecule has 5 heteroatoms. The van der Waals surface area contributed by atoms with E-state index >= 15 is 0 Å². The highest BCUT2D eigenvalue weighted by Gasteiger charge is 2.17. The zero-order valence-corrected chi connectivity index (χ0v) is 21.0. The van der Waals surface area contributed by atoms with E-state index in [0.29, 0.717) is 0 Å². The molecule has 0 aliphatic carbocycles. The number of pyridine rings is 1. The molecule has 0 amide bonds. The van der Waals surface area contributed by atoms with Crippen LogP contribution >= 0.6 is 0 Å². The molecule has 0 unspecified atom stereocenters. The first-order valence-electron chi connectivity index (χ1n) is 12.7. The van der Waals surface area contributed by atoms with Crippen molar-refractivity contribution >= 4 is 33.2 Å². The molecule has 0 saturated carbocycles. The number of nitrogens with zero attached hydrogens (tertiary/aromatic N) is 4. The molecule has 6 aromatic rings. The van der Waals surface area contributed by atoms with E-state index in [1.54, 1.807) is 0 Å². The smallest absolute Gasteiger partial charge is 0.137 e. The Balaban J connectivity index is 1.22. The van der Waals surface area contributed by atoms with Crippen molar-refractivity contribution in [1.82, 2.24) is 9.55 Å². The van der Waals surface area contributed by atoms with Crippen LogP contribution in [0.25, 0.3) is 27.6 Å². The lowest BCUT2D eigenvalue weighted by molar-refractivity contribution is 0.483. The third-order valence-corrected chi connectivity index (χ3v) is 6.98. The van der Waals surface area contributed by atoms with Crippen molar-refractivity contribution in [3.8, 4) is 17.3 Å².